The van der Waals surface area contributed by atoms with Crippen molar-refractivity contribution in [2.45, 2.75) is 57.7 Å². The molecule has 1 aromatic carbocycles. The summed E-state index contributed by atoms with van der Waals surface area (Å²) in [5.41, 5.74) is 1.16. The molecule has 0 bridgehead atoms. The first-order valence-electron chi connectivity index (χ1n) is 8.02. The quantitative estimate of drug-likeness (QED) is 0.570. The summed E-state index contributed by atoms with van der Waals surface area (Å²) in [5, 5.41) is 0. The van der Waals surface area contributed by atoms with Gasteiger partial charge >= 0.3 is 5.97 Å². The van der Waals surface area contributed by atoms with Crippen molar-refractivity contribution in [2.24, 2.45) is 0 Å². The Balaban J connectivity index is 1.75. The fourth-order valence-electron chi connectivity index (χ4n) is 2.77. The van der Waals surface area contributed by atoms with E-state index in [2.05, 4.69) is 0 Å². The molecule has 1 heterocycles. The minimum atomic E-state index is -0.693. The van der Waals surface area contributed by atoms with Gasteiger partial charge < -0.3 is 18.9 Å². The zero-order chi connectivity index (χ0) is 16.7. The van der Waals surface area contributed by atoms with E-state index in [4.69, 9.17) is 18.9 Å². The Morgan fingerprint density at radius 3 is 2.61 bits per heavy atom. The van der Waals surface area contributed by atoms with Gasteiger partial charge in [-0.25, -0.2) is 0 Å². The van der Waals surface area contributed by atoms with E-state index in [1.54, 1.807) is 0 Å². The van der Waals surface area contributed by atoms with E-state index in [0.29, 0.717) is 19.6 Å². The molecule has 1 saturated heterocycles. The van der Waals surface area contributed by atoms with Crippen molar-refractivity contribution in [1.29, 1.82) is 0 Å². The molecule has 0 aromatic heterocycles. The summed E-state index contributed by atoms with van der Waals surface area (Å²) in [6, 6.07) is 10.1. The maximum absolute atomic E-state index is 11.4. The lowest BCUT2D eigenvalue weighted by atomic mass is 10.0. The van der Waals surface area contributed by atoms with Crippen LogP contribution in [0.2, 0.25) is 0 Å². The lowest BCUT2D eigenvalue weighted by molar-refractivity contribution is -0.301. The SMILES string of the molecule is COC(=O)C[C@@H]1C[C@@H](CCOCc2ccccc2)OC(C)(C)O1. The Morgan fingerprint density at radius 1 is 1.22 bits per heavy atom. The minimum absolute atomic E-state index is 0.0178. The molecule has 1 aromatic rings. The van der Waals surface area contributed by atoms with Crippen LogP contribution in [0.1, 0.15) is 38.7 Å². The zero-order valence-electron chi connectivity index (χ0n) is 14.1. The smallest absolute Gasteiger partial charge is 0.308 e. The summed E-state index contributed by atoms with van der Waals surface area (Å²) in [6.07, 6.45) is 1.55. The molecule has 0 radical (unpaired) electrons. The molecule has 23 heavy (non-hydrogen) atoms. The number of rotatable bonds is 7. The monoisotopic (exact) mass is 322 g/mol. The van der Waals surface area contributed by atoms with Crippen molar-refractivity contribution in [2.75, 3.05) is 13.7 Å². The lowest BCUT2D eigenvalue weighted by Gasteiger charge is -2.40. The summed E-state index contributed by atoms with van der Waals surface area (Å²) < 4.78 is 22.1. The van der Waals surface area contributed by atoms with E-state index < -0.39 is 5.79 Å². The molecule has 0 aliphatic carbocycles. The van der Waals surface area contributed by atoms with Crippen LogP contribution in [0.25, 0.3) is 0 Å². The molecule has 2 atom stereocenters. The number of hydrogen-bond donors (Lipinski definition) is 0. The third-order valence-corrected chi connectivity index (χ3v) is 3.74. The van der Waals surface area contributed by atoms with Gasteiger partial charge in [0.05, 0.1) is 32.3 Å². The van der Waals surface area contributed by atoms with Crippen LogP contribution in [0, 0.1) is 0 Å². The van der Waals surface area contributed by atoms with E-state index in [0.717, 1.165) is 12.0 Å². The predicted octanol–water partition coefficient (Wildman–Crippen LogP) is 3.07. The van der Waals surface area contributed by atoms with Crippen LogP contribution in [-0.2, 0) is 30.3 Å². The van der Waals surface area contributed by atoms with Crippen molar-refractivity contribution in [3.63, 3.8) is 0 Å². The van der Waals surface area contributed by atoms with Crippen LogP contribution in [0.4, 0.5) is 0 Å². The number of hydrogen-bond acceptors (Lipinski definition) is 5. The number of carbonyl (C=O) groups excluding carboxylic acids is 1. The number of esters is 1. The highest BCUT2D eigenvalue weighted by atomic mass is 16.7. The molecular weight excluding hydrogens is 296 g/mol. The first-order chi connectivity index (χ1) is 11.0. The molecule has 0 unspecified atom stereocenters. The Morgan fingerprint density at radius 2 is 1.91 bits per heavy atom. The first-order valence-corrected chi connectivity index (χ1v) is 8.02. The standard InChI is InChI=1S/C18H26O5/c1-18(2)22-15(11-16(23-18)12-17(19)20-3)9-10-21-13-14-7-5-4-6-8-14/h4-8,15-16H,9-13H2,1-3H3/t15-,16+/m1/s1. The average Bonchev–Trinajstić information content (AvgIpc) is 2.51. The summed E-state index contributed by atoms with van der Waals surface area (Å²) in [7, 11) is 1.39. The number of ether oxygens (including phenoxy) is 4. The van der Waals surface area contributed by atoms with Crippen LogP contribution >= 0.6 is 0 Å². The van der Waals surface area contributed by atoms with E-state index in [9.17, 15) is 4.79 Å². The maximum Gasteiger partial charge on any atom is 0.308 e. The highest BCUT2D eigenvalue weighted by Crippen LogP contribution is 2.30. The molecule has 1 fully saturated rings. The second-order valence-electron chi connectivity index (χ2n) is 6.22. The van der Waals surface area contributed by atoms with Crippen molar-refractivity contribution >= 4 is 5.97 Å². The third kappa shape index (κ3) is 6.29. The summed E-state index contributed by atoms with van der Waals surface area (Å²) in [4.78, 5) is 11.4. The van der Waals surface area contributed by atoms with E-state index in [1.165, 1.54) is 7.11 Å². The van der Waals surface area contributed by atoms with Gasteiger partial charge in [0.15, 0.2) is 5.79 Å². The van der Waals surface area contributed by atoms with Crippen LogP contribution in [0.15, 0.2) is 30.3 Å². The molecule has 1 aliphatic rings. The van der Waals surface area contributed by atoms with E-state index >= 15 is 0 Å². The molecule has 0 N–H and O–H groups in total. The Bertz CT molecular complexity index is 485. The highest BCUT2D eigenvalue weighted by molar-refractivity contribution is 5.69. The summed E-state index contributed by atoms with van der Waals surface area (Å²) in [6.45, 7) is 4.95. The van der Waals surface area contributed by atoms with Crippen molar-refractivity contribution in [3.8, 4) is 0 Å². The van der Waals surface area contributed by atoms with Gasteiger partial charge in [0.25, 0.3) is 0 Å². The maximum atomic E-state index is 11.4. The number of benzene rings is 1. The molecule has 0 saturated carbocycles. The van der Waals surface area contributed by atoms with Gasteiger partial charge in [0.1, 0.15) is 0 Å². The molecular formula is C18H26O5. The molecule has 128 valence electrons. The van der Waals surface area contributed by atoms with Crippen molar-refractivity contribution in [3.05, 3.63) is 35.9 Å². The van der Waals surface area contributed by atoms with Gasteiger partial charge in [-0.15, -0.1) is 0 Å². The Labute approximate surface area is 137 Å². The van der Waals surface area contributed by atoms with Gasteiger partial charge in [0, 0.05) is 13.0 Å². The van der Waals surface area contributed by atoms with Gasteiger partial charge in [-0.2, -0.15) is 0 Å². The molecule has 2 rings (SSSR count). The molecule has 5 nitrogen and oxygen atoms in total. The zero-order valence-corrected chi connectivity index (χ0v) is 14.1. The molecule has 0 spiro atoms. The van der Waals surface area contributed by atoms with Crippen LogP contribution < -0.4 is 0 Å². The Kier molecular flexibility index (Phi) is 6.57. The molecule has 0 amide bonds. The summed E-state index contributed by atoms with van der Waals surface area (Å²) >= 11 is 0. The van der Waals surface area contributed by atoms with Gasteiger partial charge in [-0.1, -0.05) is 30.3 Å². The van der Waals surface area contributed by atoms with Gasteiger partial charge in [0.2, 0.25) is 0 Å². The fraction of sp³-hybridized carbons (Fsp3) is 0.611. The average molecular weight is 322 g/mol. The molecule has 5 heteroatoms. The predicted molar refractivity (Wildman–Crippen MR) is 85.8 cm³/mol. The number of methoxy groups -OCH3 is 1. The third-order valence-electron chi connectivity index (χ3n) is 3.74. The highest BCUT2D eigenvalue weighted by Gasteiger charge is 2.36. The second kappa shape index (κ2) is 8.43. The van der Waals surface area contributed by atoms with Crippen molar-refractivity contribution < 1.29 is 23.7 Å². The van der Waals surface area contributed by atoms with E-state index in [1.807, 2.05) is 44.2 Å². The second-order valence-corrected chi connectivity index (χ2v) is 6.22. The minimum Gasteiger partial charge on any atom is -0.469 e. The van der Waals surface area contributed by atoms with Crippen LogP contribution in [0.5, 0.6) is 0 Å². The lowest BCUT2D eigenvalue weighted by Crippen LogP contribution is -2.45. The normalized spacial score (nSPS) is 23.4. The number of carbonyl (C=O) groups is 1. The first kappa shape index (κ1) is 17.9. The fourth-order valence-corrected chi connectivity index (χ4v) is 2.77. The van der Waals surface area contributed by atoms with Crippen LogP contribution in [0.3, 0.4) is 0 Å². The van der Waals surface area contributed by atoms with E-state index in [-0.39, 0.29) is 24.6 Å². The topological polar surface area (TPSA) is 54.0 Å². The van der Waals surface area contributed by atoms with Gasteiger partial charge in [-0.05, 0) is 25.8 Å². The van der Waals surface area contributed by atoms with Crippen molar-refractivity contribution in [1.82, 2.24) is 0 Å². The Hall–Kier alpha value is -1.43. The van der Waals surface area contributed by atoms with Gasteiger partial charge in [-0.3, -0.25) is 4.79 Å². The van der Waals surface area contributed by atoms with Crippen LogP contribution in [-0.4, -0.2) is 37.7 Å². The largest absolute Gasteiger partial charge is 0.469 e. The summed E-state index contributed by atoms with van der Waals surface area (Å²) in [5.74, 6) is -0.951. The molecule has 1 aliphatic heterocycles.